The Morgan fingerprint density at radius 2 is 1.84 bits per heavy atom. The van der Waals surface area contributed by atoms with Crippen LogP contribution in [0.3, 0.4) is 0 Å². The van der Waals surface area contributed by atoms with Crippen LogP contribution in [0.2, 0.25) is 5.02 Å². The van der Waals surface area contributed by atoms with Crippen molar-refractivity contribution >= 4 is 40.1 Å². The molecule has 1 saturated heterocycles. The van der Waals surface area contributed by atoms with Crippen molar-refractivity contribution in [3.63, 3.8) is 0 Å². The fraction of sp³-hybridized carbons (Fsp3) is 0.465. The van der Waals surface area contributed by atoms with E-state index < -0.39 is 11.5 Å². The monoisotopic (exact) mass is 772 g/mol. The van der Waals surface area contributed by atoms with Crippen LogP contribution < -0.4 is 20.9 Å². The average molecular weight is 773 g/mol. The number of amides is 1. The van der Waals surface area contributed by atoms with E-state index in [1.807, 2.05) is 6.07 Å². The number of aromatic amines is 1. The van der Waals surface area contributed by atoms with E-state index in [4.69, 9.17) is 21.1 Å². The molecule has 6 rings (SSSR count). The zero-order valence-corrected chi connectivity index (χ0v) is 32.6. The summed E-state index contributed by atoms with van der Waals surface area (Å²) in [5, 5.41) is 28.1. The van der Waals surface area contributed by atoms with Crippen molar-refractivity contribution in [1.29, 1.82) is 0 Å². The number of carbonyl (C=O) groups is 2. The van der Waals surface area contributed by atoms with Gasteiger partial charge in [0.1, 0.15) is 11.5 Å². The normalized spacial score (nSPS) is 16.8. The van der Waals surface area contributed by atoms with Crippen LogP contribution in [0.25, 0.3) is 10.9 Å². The number of aliphatic hydroxyl groups excluding tert-OH is 1. The van der Waals surface area contributed by atoms with E-state index in [1.54, 1.807) is 24.3 Å². The van der Waals surface area contributed by atoms with Crippen LogP contribution in [0, 0.1) is 5.92 Å². The van der Waals surface area contributed by atoms with Gasteiger partial charge in [-0.2, -0.15) is 0 Å². The van der Waals surface area contributed by atoms with Crippen molar-refractivity contribution in [2.45, 2.75) is 82.3 Å². The summed E-state index contributed by atoms with van der Waals surface area (Å²) in [5.74, 6) is 0.613. The minimum atomic E-state index is -0.930. The van der Waals surface area contributed by atoms with Crippen molar-refractivity contribution in [3.8, 4) is 11.5 Å². The second-order valence-electron chi connectivity index (χ2n) is 15.2. The van der Waals surface area contributed by atoms with Crippen molar-refractivity contribution in [1.82, 2.24) is 15.2 Å². The number of nitrogens with one attached hydrogen (secondary N) is 3. The molecule has 0 bridgehead atoms. The van der Waals surface area contributed by atoms with E-state index >= 15 is 0 Å². The first kappa shape index (κ1) is 40.2. The quantitative estimate of drug-likeness (QED) is 0.0825. The Bertz CT molecular complexity index is 2020. The summed E-state index contributed by atoms with van der Waals surface area (Å²) in [6, 6.07) is 17.7. The van der Waals surface area contributed by atoms with E-state index in [1.165, 1.54) is 19.2 Å². The van der Waals surface area contributed by atoms with Crippen LogP contribution in [0.15, 0.2) is 65.5 Å². The molecule has 1 aliphatic heterocycles. The summed E-state index contributed by atoms with van der Waals surface area (Å²) in [4.78, 5) is 43.5. The maximum absolute atomic E-state index is 13.8. The topological polar surface area (TPSA) is 153 Å². The van der Waals surface area contributed by atoms with Gasteiger partial charge in [-0.3, -0.25) is 14.4 Å². The number of carbonyl (C=O) groups excluding carboxylic acids is 2. The molecule has 12 heteroatoms. The molecule has 1 amide bonds. The molecular weight excluding hydrogens is 720 g/mol. The molecule has 2 fully saturated rings. The first-order chi connectivity index (χ1) is 26.6. The highest BCUT2D eigenvalue weighted by Crippen LogP contribution is 2.41. The first-order valence-corrected chi connectivity index (χ1v) is 19.8. The van der Waals surface area contributed by atoms with E-state index in [0.717, 1.165) is 74.7 Å². The van der Waals surface area contributed by atoms with Gasteiger partial charge in [0.15, 0.2) is 0 Å². The molecule has 1 saturated carbocycles. The summed E-state index contributed by atoms with van der Waals surface area (Å²) in [6.45, 7) is 3.07. The number of piperidine rings is 1. The number of aryl methyl sites for hydroxylation is 1. The number of benzene rings is 3. The second kappa shape index (κ2) is 18.5. The summed E-state index contributed by atoms with van der Waals surface area (Å²) in [5.41, 5.74) is 3.15. The predicted molar refractivity (Wildman–Crippen MR) is 215 cm³/mol. The lowest BCUT2D eigenvalue weighted by atomic mass is 9.69. The Morgan fingerprint density at radius 3 is 2.60 bits per heavy atom. The standard InChI is InChI=1S/C43H53ClN4O7/c1-48-20-16-29(17-21-48)27-55-42(53)43(18-4-3-5-19-43)31-10-6-8-28(22-31)9-7-11-39(51)46-35-24-38(54-2)30(23-34(35)44)25-45-26-37(50)32-12-14-36(49)41-33(32)13-15-40(52)47-41/h6,8,10,12-15,22-24,29,37,45,49-50H,3-5,7,9,11,16-21,25-27H2,1-2H3,(H,46,51)(H,47,52). The number of hydrogen-bond acceptors (Lipinski definition) is 9. The predicted octanol–water partition coefficient (Wildman–Crippen LogP) is 6.77. The maximum Gasteiger partial charge on any atom is 0.316 e. The fourth-order valence-electron chi connectivity index (χ4n) is 8.04. The molecule has 1 atom stereocenters. The number of hydrogen-bond donors (Lipinski definition) is 5. The van der Waals surface area contributed by atoms with E-state index in [0.29, 0.717) is 59.3 Å². The van der Waals surface area contributed by atoms with Crippen molar-refractivity contribution in [3.05, 3.63) is 98.3 Å². The molecule has 1 aromatic heterocycles. The Hall–Kier alpha value is -4.42. The lowest BCUT2D eigenvalue weighted by molar-refractivity contribution is -0.154. The number of aromatic hydroxyl groups is 1. The van der Waals surface area contributed by atoms with Crippen LogP contribution in [0.4, 0.5) is 5.69 Å². The summed E-state index contributed by atoms with van der Waals surface area (Å²) >= 11 is 6.62. The number of phenolic OH excluding ortho intramolecular Hbond substituents is 1. The van der Waals surface area contributed by atoms with E-state index in [9.17, 15) is 24.6 Å². The lowest BCUT2D eigenvalue weighted by Gasteiger charge is -2.36. The van der Waals surface area contributed by atoms with Crippen LogP contribution in [0.1, 0.15) is 86.1 Å². The number of nitrogens with zero attached hydrogens (tertiary/aromatic N) is 1. The van der Waals surface area contributed by atoms with E-state index in [-0.39, 0.29) is 41.7 Å². The van der Waals surface area contributed by atoms with Crippen molar-refractivity contribution < 1.29 is 29.3 Å². The number of halogens is 1. The highest BCUT2D eigenvalue weighted by Gasteiger charge is 2.43. The third-order valence-corrected chi connectivity index (χ3v) is 11.6. The molecular formula is C43H53ClN4O7. The van der Waals surface area contributed by atoms with Gasteiger partial charge < -0.3 is 40.2 Å². The Kier molecular flexibility index (Phi) is 13.5. The number of rotatable bonds is 15. The number of aromatic nitrogens is 1. The Morgan fingerprint density at radius 1 is 1.05 bits per heavy atom. The highest BCUT2D eigenvalue weighted by atomic mass is 35.5. The van der Waals surface area contributed by atoms with Crippen LogP contribution in [-0.4, -0.2) is 72.4 Å². The van der Waals surface area contributed by atoms with Gasteiger partial charge in [0.2, 0.25) is 11.5 Å². The SMILES string of the molecule is COc1cc(NC(=O)CCCc2cccc(C3(C(=O)OCC4CCN(C)CC4)CCCCC3)c2)c(Cl)cc1CNCC(O)c1ccc(O)c2[nH]c(=O)ccc12. The molecule has 2 aliphatic rings. The summed E-state index contributed by atoms with van der Waals surface area (Å²) < 4.78 is 11.7. The number of likely N-dealkylation sites (tertiary alicyclic amines) is 1. The minimum absolute atomic E-state index is 0.0746. The zero-order valence-electron chi connectivity index (χ0n) is 31.8. The number of ether oxygens (including phenoxy) is 2. The third-order valence-electron chi connectivity index (χ3n) is 11.3. The first-order valence-electron chi connectivity index (χ1n) is 19.4. The summed E-state index contributed by atoms with van der Waals surface area (Å²) in [6.07, 6.45) is 7.52. The third kappa shape index (κ3) is 9.88. The molecule has 0 spiro atoms. The number of anilines is 1. The molecule has 294 valence electrons. The molecule has 1 aliphatic carbocycles. The van der Waals surface area contributed by atoms with E-state index in [2.05, 4.69) is 45.8 Å². The van der Waals surface area contributed by atoms with Gasteiger partial charge >= 0.3 is 5.97 Å². The van der Waals surface area contributed by atoms with Crippen LogP contribution in [-0.2, 0) is 32.7 Å². The smallest absolute Gasteiger partial charge is 0.316 e. The molecule has 4 aromatic rings. The molecule has 5 N–H and O–H groups in total. The Balaban J connectivity index is 1.01. The highest BCUT2D eigenvalue weighted by molar-refractivity contribution is 6.33. The molecule has 11 nitrogen and oxygen atoms in total. The van der Waals surface area contributed by atoms with Crippen molar-refractivity contribution in [2.24, 2.45) is 5.92 Å². The molecule has 3 aromatic carbocycles. The Labute approximate surface area is 327 Å². The van der Waals surface area contributed by atoms with Crippen LogP contribution >= 0.6 is 11.6 Å². The number of pyridine rings is 1. The second-order valence-corrected chi connectivity index (χ2v) is 15.6. The number of aliphatic hydroxyl groups is 1. The van der Waals surface area contributed by atoms with Gasteiger partial charge in [-0.1, -0.05) is 61.2 Å². The largest absolute Gasteiger partial charge is 0.506 e. The maximum atomic E-state index is 13.8. The van der Waals surface area contributed by atoms with Gasteiger partial charge in [0.25, 0.3) is 0 Å². The van der Waals surface area contributed by atoms with Crippen molar-refractivity contribution in [2.75, 3.05) is 45.7 Å². The molecule has 1 unspecified atom stereocenters. The number of fused-ring (bicyclic) bond motifs is 1. The van der Waals surface area contributed by atoms with Gasteiger partial charge in [-0.25, -0.2) is 0 Å². The number of methoxy groups -OCH3 is 1. The summed E-state index contributed by atoms with van der Waals surface area (Å²) in [7, 11) is 3.68. The number of H-pyrrole nitrogens is 1. The average Bonchev–Trinajstić information content (AvgIpc) is 3.19. The number of esters is 1. The van der Waals surface area contributed by atoms with Gasteiger partial charge in [0, 0.05) is 42.6 Å². The zero-order chi connectivity index (χ0) is 39.0. The molecule has 2 heterocycles. The van der Waals surface area contributed by atoms with Gasteiger partial charge in [-0.15, -0.1) is 0 Å². The van der Waals surface area contributed by atoms with Crippen LogP contribution in [0.5, 0.6) is 11.5 Å². The fourth-order valence-corrected chi connectivity index (χ4v) is 8.27. The minimum Gasteiger partial charge on any atom is -0.506 e. The lowest BCUT2D eigenvalue weighted by Crippen LogP contribution is -2.41. The molecule has 55 heavy (non-hydrogen) atoms. The van der Waals surface area contributed by atoms with Gasteiger partial charge in [-0.05, 0) is 99.5 Å². The van der Waals surface area contributed by atoms with Gasteiger partial charge in [0.05, 0.1) is 41.5 Å². The number of phenols is 1. The molecule has 0 radical (unpaired) electrons.